The Balaban J connectivity index is 1.71. The number of halogens is 2. The fourth-order valence-electron chi connectivity index (χ4n) is 2.38. The van der Waals surface area contributed by atoms with Crippen LogP contribution in [0.2, 0.25) is 5.02 Å². The van der Waals surface area contributed by atoms with Crippen molar-refractivity contribution in [3.8, 4) is 0 Å². The van der Waals surface area contributed by atoms with Gasteiger partial charge in [0.2, 0.25) is 0 Å². The number of hydrogen-bond acceptors (Lipinski definition) is 3. The number of hydrogen-bond donors (Lipinski definition) is 1. The Hall–Kier alpha value is -2.47. The molecule has 24 heavy (non-hydrogen) atoms. The minimum absolute atomic E-state index is 0.0551. The number of nitrogens with one attached hydrogen (secondary N) is 1. The Morgan fingerprint density at radius 1 is 1.33 bits per heavy atom. The van der Waals surface area contributed by atoms with Crippen molar-refractivity contribution in [1.82, 2.24) is 9.88 Å². The standard InChI is InChI=1S/C17H15ClFN3O2/c18-12-6-13(19)8-14(7-12)21-16(23)17(24)22(15-3-4-15)10-11-2-1-5-20-9-11/h1-2,5-9,15H,3-4,10H2,(H,21,23). The van der Waals surface area contributed by atoms with Gasteiger partial charge < -0.3 is 10.2 Å². The average Bonchev–Trinajstić information content (AvgIpc) is 3.36. The van der Waals surface area contributed by atoms with E-state index in [4.69, 9.17) is 11.6 Å². The van der Waals surface area contributed by atoms with Crippen LogP contribution in [0.5, 0.6) is 0 Å². The summed E-state index contributed by atoms with van der Waals surface area (Å²) < 4.78 is 13.3. The predicted molar refractivity (Wildman–Crippen MR) is 87.8 cm³/mol. The summed E-state index contributed by atoms with van der Waals surface area (Å²) in [6, 6.07) is 7.30. The topological polar surface area (TPSA) is 62.3 Å². The number of aromatic nitrogens is 1. The Morgan fingerprint density at radius 2 is 2.12 bits per heavy atom. The predicted octanol–water partition coefficient (Wildman–Crippen LogP) is 3.00. The molecule has 1 aromatic carbocycles. The first-order chi connectivity index (χ1) is 11.5. The van der Waals surface area contributed by atoms with Crippen molar-refractivity contribution in [2.75, 3.05) is 5.32 Å². The zero-order valence-corrected chi connectivity index (χ0v) is 13.5. The molecule has 1 saturated carbocycles. The molecule has 5 nitrogen and oxygen atoms in total. The molecule has 2 amide bonds. The molecule has 0 saturated heterocycles. The lowest BCUT2D eigenvalue weighted by Crippen LogP contribution is -2.40. The Labute approximate surface area is 143 Å². The highest BCUT2D eigenvalue weighted by molar-refractivity contribution is 6.39. The maximum atomic E-state index is 13.3. The first kappa shape index (κ1) is 16.4. The molecule has 1 N–H and O–H groups in total. The molecule has 0 atom stereocenters. The SMILES string of the molecule is O=C(Nc1cc(F)cc(Cl)c1)C(=O)N(Cc1cccnc1)C1CC1. The van der Waals surface area contributed by atoms with Gasteiger partial charge in [-0.15, -0.1) is 0 Å². The minimum Gasteiger partial charge on any atom is -0.327 e. The average molecular weight is 348 g/mol. The van der Waals surface area contributed by atoms with Crippen LogP contribution in [0.3, 0.4) is 0 Å². The van der Waals surface area contributed by atoms with Crippen molar-refractivity contribution in [1.29, 1.82) is 0 Å². The maximum absolute atomic E-state index is 13.3. The summed E-state index contributed by atoms with van der Waals surface area (Å²) in [4.78, 5) is 30.2. The van der Waals surface area contributed by atoms with E-state index in [-0.39, 0.29) is 16.8 Å². The molecule has 7 heteroatoms. The summed E-state index contributed by atoms with van der Waals surface area (Å²) in [5.74, 6) is -2.05. The van der Waals surface area contributed by atoms with Gasteiger partial charge in [-0.05, 0) is 42.7 Å². The third kappa shape index (κ3) is 4.08. The van der Waals surface area contributed by atoms with Crippen LogP contribution in [0.15, 0.2) is 42.7 Å². The molecule has 1 fully saturated rings. The number of nitrogens with zero attached hydrogens (tertiary/aromatic N) is 2. The number of rotatable bonds is 4. The second-order valence-corrected chi connectivity index (χ2v) is 6.07. The quantitative estimate of drug-likeness (QED) is 0.865. The zero-order chi connectivity index (χ0) is 17.1. The van der Waals surface area contributed by atoms with Crippen LogP contribution in [0.4, 0.5) is 10.1 Å². The van der Waals surface area contributed by atoms with Crippen molar-refractivity contribution >= 4 is 29.1 Å². The molecule has 1 aliphatic carbocycles. The Kier molecular flexibility index (Phi) is 4.76. The Bertz CT molecular complexity index is 745. The largest absolute Gasteiger partial charge is 0.327 e. The summed E-state index contributed by atoms with van der Waals surface area (Å²) in [7, 11) is 0. The van der Waals surface area contributed by atoms with E-state index in [1.807, 2.05) is 6.07 Å². The van der Waals surface area contributed by atoms with Gasteiger partial charge in [0.05, 0.1) is 0 Å². The summed E-state index contributed by atoms with van der Waals surface area (Å²) in [6.45, 7) is 0.314. The summed E-state index contributed by atoms with van der Waals surface area (Å²) in [6.07, 6.45) is 5.04. The van der Waals surface area contributed by atoms with Gasteiger partial charge in [0.1, 0.15) is 5.82 Å². The van der Waals surface area contributed by atoms with E-state index >= 15 is 0 Å². The summed E-state index contributed by atoms with van der Waals surface area (Å²) in [5.41, 5.74) is 0.995. The van der Waals surface area contributed by atoms with Crippen LogP contribution in [0.1, 0.15) is 18.4 Å². The van der Waals surface area contributed by atoms with E-state index < -0.39 is 17.6 Å². The first-order valence-corrected chi connectivity index (χ1v) is 7.87. The molecule has 0 bridgehead atoms. The molecule has 0 unspecified atom stereocenters. The highest BCUT2D eigenvalue weighted by Crippen LogP contribution is 2.28. The number of pyridine rings is 1. The summed E-state index contributed by atoms with van der Waals surface area (Å²) >= 11 is 5.75. The monoisotopic (exact) mass is 347 g/mol. The van der Waals surface area contributed by atoms with Gasteiger partial charge in [0.15, 0.2) is 0 Å². The van der Waals surface area contributed by atoms with Crippen LogP contribution >= 0.6 is 11.6 Å². The van der Waals surface area contributed by atoms with Gasteiger partial charge in [0, 0.05) is 35.7 Å². The van der Waals surface area contributed by atoms with Crippen molar-refractivity contribution in [2.24, 2.45) is 0 Å². The minimum atomic E-state index is -0.813. The van der Waals surface area contributed by atoms with E-state index in [0.29, 0.717) is 6.54 Å². The third-order valence-corrected chi connectivity index (χ3v) is 3.86. The smallest absolute Gasteiger partial charge is 0.313 e. The molecule has 1 heterocycles. The van der Waals surface area contributed by atoms with Gasteiger partial charge in [-0.1, -0.05) is 17.7 Å². The molecule has 1 aromatic heterocycles. The van der Waals surface area contributed by atoms with Crippen LogP contribution in [0, 0.1) is 5.82 Å². The number of carbonyl (C=O) groups excluding carboxylic acids is 2. The van der Waals surface area contributed by atoms with E-state index in [1.54, 1.807) is 18.5 Å². The van der Waals surface area contributed by atoms with Gasteiger partial charge >= 0.3 is 11.8 Å². The van der Waals surface area contributed by atoms with E-state index in [2.05, 4.69) is 10.3 Å². The van der Waals surface area contributed by atoms with Gasteiger partial charge in [-0.25, -0.2) is 4.39 Å². The lowest BCUT2D eigenvalue weighted by atomic mass is 10.2. The highest BCUT2D eigenvalue weighted by atomic mass is 35.5. The lowest BCUT2D eigenvalue weighted by molar-refractivity contribution is -0.144. The third-order valence-electron chi connectivity index (χ3n) is 3.64. The Morgan fingerprint density at radius 3 is 2.75 bits per heavy atom. The molecule has 2 aromatic rings. The fourth-order valence-corrected chi connectivity index (χ4v) is 2.60. The number of benzene rings is 1. The lowest BCUT2D eigenvalue weighted by Gasteiger charge is -2.21. The van der Waals surface area contributed by atoms with Gasteiger partial charge in [0.25, 0.3) is 0 Å². The molecular formula is C17H15ClFN3O2. The first-order valence-electron chi connectivity index (χ1n) is 7.50. The maximum Gasteiger partial charge on any atom is 0.313 e. The molecule has 0 spiro atoms. The molecule has 3 rings (SSSR count). The van der Waals surface area contributed by atoms with Crippen LogP contribution < -0.4 is 5.32 Å². The van der Waals surface area contributed by atoms with Crippen molar-refractivity contribution in [2.45, 2.75) is 25.4 Å². The number of anilines is 1. The van der Waals surface area contributed by atoms with Crippen molar-refractivity contribution in [3.63, 3.8) is 0 Å². The fraction of sp³-hybridized carbons (Fsp3) is 0.235. The van der Waals surface area contributed by atoms with E-state index in [0.717, 1.165) is 30.5 Å². The second-order valence-electron chi connectivity index (χ2n) is 5.64. The van der Waals surface area contributed by atoms with Crippen LogP contribution in [-0.4, -0.2) is 27.7 Å². The van der Waals surface area contributed by atoms with Crippen LogP contribution in [-0.2, 0) is 16.1 Å². The van der Waals surface area contributed by atoms with Crippen LogP contribution in [0.25, 0.3) is 0 Å². The van der Waals surface area contributed by atoms with Gasteiger partial charge in [-0.2, -0.15) is 0 Å². The van der Waals surface area contributed by atoms with E-state index in [9.17, 15) is 14.0 Å². The molecule has 1 aliphatic rings. The number of carbonyl (C=O) groups is 2. The molecule has 124 valence electrons. The van der Waals surface area contributed by atoms with Gasteiger partial charge in [-0.3, -0.25) is 14.6 Å². The molecular weight excluding hydrogens is 333 g/mol. The molecule has 0 radical (unpaired) electrons. The normalized spacial score (nSPS) is 13.4. The van der Waals surface area contributed by atoms with Crippen molar-refractivity contribution < 1.29 is 14.0 Å². The highest BCUT2D eigenvalue weighted by Gasteiger charge is 2.35. The van der Waals surface area contributed by atoms with E-state index in [1.165, 1.54) is 11.0 Å². The summed E-state index contributed by atoms with van der Waals surface area (Å²) in [5, 5.41) is 2.55. The zero-order valence-electron chi connectivity index (χ0n) is 12.7. The number of amides is 2. The second kappa shape index (κ2) is 6.97. The van der Waals surface area contributed by atoms with Crippen molar-refractivity contribution in [3.05, 3.63) is 59.1 Å². The molecule has 0 aliphatic heterocycles.